The van der Waals surface area contributed by atoms with Crippen LogP contribution in [0, 0.1) is 6.92 Å². The molecular weight excluding hydrogens is 329 g/mol. The molecule has 0 saturated carbocycles. The molecule has 0 radical (unpaired) electrons. The van der Waals surface area contributed by atoms with Gasteiger partial charge in [-0.1, -0.05) is 32.1 Å². The minimum Gasteiger partial charge on any atom is -0.311 e. The van der Waals surface area contributed by atoms with E-state index in [1.165, 1.54) is 10.6 Å². The summed E-state index contributed by atoms with van der Waals surface area (Å²) in [4.78, 5) is 12.8. The zero-order chi connectivity index (χ0) is 19.4. The Hall–Kier alpha value is -2.69. The molecule has 4 nitrogen and oxygen atoms in total. The van der Waals surface area contributed by atoms with Gasteiger partial charge < -0.3 is 4.57 Å². The molecule has 26 heavy (non-hydrogen) atoms. The highest BCUT2D eigenvalue weighted by Crippen LogP contribution is 2.21. The maximum absolute atomic E-state index is 14.6. The maximum Gasteiger partial charge on any atom is 0.258 e. The summed E-state index contributed by atoms with van der Waals surface area (Å²) in [6, 6.07) is 1.92. The average Bonchev–Trinajstić information content (AvgIpc) is 3.04. The molecule has 2 heterocycles. The van der Waals surface area contributed by atoms with Gasteiger partial charge in [0.25, 0.3) is 5.56 Å². The molecule has 0 aliphatic heterocycles. The lowest BCUT2D eigenvalue weighted by Crippen LogP contribution is -2.46. The Morgan fingerprint density at radius 3 is 2.65 bits per heavy atom. The largest absolute Gasteiger partial charge is 0.311 e. The lowest BCUT2D eigenvalue weighted by atomic mass is 10.1. The van der Waals surface area contributed by atoms with Crippen LogP contribution in [0.3, 0.4) is 0 Å². The number of rotatable bonds is 5. The first-order chi connectivity index (χ1) is 12.3. The smallest absolute Gasteiger partial charge is 0.258 e. The van der Waals surface area contributed by atoms with Gasteiger partial charge in [-0.3, -0.25) is 9.89 Å². The molecule has 0 aromatic carbocycles. The lowest BCUT2D eigenvalue weighted by Gasteiger charge is -2.10. The Morgan fingerprint density at radius 1 is 1.42 bits per heavy atom. The third kappa shape index (κ3) is 3.77. The summed E-state index contributed by atoms with van der Waals surface area (Å²) >= 11 is 0. The molecule has 0 saturated heterocycles. The molecule has 0 aliphatic rings. The molecule has 0 amide bonds. The number of aryl methyl sites for hydroxylation is 1. The lowest BCUT2D eigenvalue weighted by molar-refractivity contribution is 0.749. The van der Waals surface area contributed by atoms with Crippen LogP contribution in [0.15, 0.2) is 29.7 Å². The van der Waals surface area contributed by atoms with Crippen LogP contribution >= 0.6 is 0 Å². The van der Waals surface area contributed by atoms with E-state index in [0.717, 1.165) is 23.6 Å². The number of allylic oxidation sites excluding steroid dienone is 2. The highest BCUT2D eigenvalue weighted by molar-refractivity contribution is 5.79. The Kier molecular flexibility index (Phi) is 6.14. The van der Waals surface area contributed by atoms with Gasteiger partial charge >= 0.3 is 0 Å². The van der Waals surface area contributed by atoms with E-state index in [-0.39, 0.29) is 5.56 Å². The standard InChI is InChI=1S/C21H26FN3O/c1-7-9-16-17(13(3)8-2)11-19(25(6)21(16)26)14(4)10-18(22)20-15(5)12-23-24-20/h9-12H,4,7-8H2,1-3,5-6H3,(H,23,24)/b16-9+,17-13+,18-10+. The number of nitrogens with one attached hydrogen (secondary N) is 1. The second kappa shape index (κ2) is 8.13. The van der Waals surface area contributed by atoms with Gasteiger partial charge in [-0.25, -0.2) is 4.39 Å². The van der Waals surface area contributed by atoms with Gasteiger partial charge in [0.2, 0.25) is 0 Å². The van der Waals surface area contributed by atoms with E-state index < -0.39 is 5.83 Å². The number of halogens is 1. The van der Waals surface area contributed by atoms with E-state index in [1.54, 1.807) is 20.2 Å². The molecule has 0 spiro atoms. The Labute approximate surface area is 153 Å². The highest BCUT2D eigenvalue weighted by Gasteiger charge is 2.11. The summed E-state index contributed by atoms with van der Waals surface area (Å²) < 4.78 is 16.1. The fourth-order valence-corrected chi connectivity index (χ4v) is 2.86. The summed E-state index contributed by atoms with van der Waals surface area (Å²) in [6.45, 7) is 11.8. The highest BCUT2D eigenvalue weighted by atomic mass is 19.1. The molecule has 0 aliphatic carbocycles. The van der Waals surface area contributed by atoms with Crippen LogP contribution in [0.4, 0.5) is 4.39 Å². The predicted octanol–water partition coefficient (Wildman–Crippen LogP) is 3.21. The number of hydrogen-bond donors (Lipinski definition) is 1. The second-order valence-electron chi connectivity index (χ2n) is 6.41. The fourth-order valence-electron chi connectivity index (χ4n) is 2.86. The van der Waals surface area contributed by atoms with Crippen molar-refractivity contribution in [2.45, 2.75) is 40.5 Å². The first-order valence-electron chi connectivity index (χ1n) is 8.78. The number of H-pyrrole nitrogens is 1. The Balaban J connectivity index is 2.70. The minimum atomic E-state index is -0.459. The minimum absolute atomic E-state index is 0.0974. The third-order valence-corrected chi connectivity index (χ3v) is 4.56. The Morgan fingerprint density at radius 2 is 2.12 bits per heavy atom. The van der Waals surface area contributed by atoms with Crippen LogP contribution in [0.5, 0.6) is 0 Å². The van der Waals surface area contributed by atoms with Crippen LogP contribution in [0.1, 0.15) is 50.6 Å². The quantitative estimate of drug-likeness (QED) is 0.838. The van der Waals surface area contributed by atoms with Crippen molar-refractivity contribution in [1.29, 1.82) is 0 Å². The van der Waals surface area contributed by atoms with Crippen molar-refractivity contribution < 1.29 is 4.39 Å². The number of aromatic amines is 1. The van der Waals surface area contributed by atoms with E-state index in [9.17, 15) is 9.18 Å². The molecule has 1 N–H and O–H groups in total. The van der Waals surface area contributed by atoms with E-state index >= 15 is 0 Å². The van der Waals surface area contributed by atoms with Gasteiger partial charge in [0.05, 0.1) is 17.6 Å². The number of aromatic nitrogens is 3. The Bertz CT molecular complexity index is 1040. The third-order valence-electron chi connectivity index (χ3n) is 4.56. The molecule has 5 heteroatoms. The first-order valence-corrected chi connectivity index (χ1v) is 8.78. The molecule has 0 atom stereocenters. The number of nitrogens with zero attached hydrogens (tertiary/aromatic N) is 2. The predicted molar refractivity (Wildman–Crippen MR) is 107 cm³/mol. The van der Waals surface area contributed by atoms with Crippen LogP contribution < -0.4 is 16.0 Å². The van der Waals surface area contributed by atoms with Gasteiger partial charge in [0, 0.05) is 12.3 Å². The molecule has 0 fully saturated rings. The van der Waals surface area contributed by atoms with E-state index in [2.05, 4.69) is 23.7 Å². The number of pyridine rings is 1. The van der Waals surface area contributed by atoms with Crippen molar-refractivity contribution in [3.8, 4) is 0 Å². The topological polar surface area (TPSA) is 50.7 Å². The van der Waals surface area contributed by atoms with Gasteiger partial charge in [-0.15, -0.1) is 0 Å². The molecule has 138 valence electrons. The molecule has 2 aromatic rings. The zero-order valence-corrected chi connectivity index (χ0v) is 16.1. The van der Waals surface area contributed by atoms with Crippen molar-refractivity contribution >= 4 is 23.0 Å². The van der Waals surface area contributed by atoms with Gasteiger partial charge in [0.1, 0.15) is 5.83 Å². The monoisotopic (exact) mass is 355 g/mol. The van der Waals surface area contributed by atoms with Crippen molar-refractivity contribution in [2.24, 2.45) is 7.05 Å². The van der Waals surface area contributed by atoms with Crippen molar-refractivity contribution in [1.82, 2.24) is 14.8 Å². The van der Waals surface area contributed by atoms with Crippen molar-refractivity contribution in [2.75, 3.05) is 0 Å². The van der Waals surface area contributed by atoms with E-state index in [4.69, 9.17) is 0 Å². The van der Waals surface area contributed by atoms with E-state index in [1.807, 2.05) is 26.0 Å². The second-order valence-corrected chi connectivity index (χ2v) is 6.41. The van der Waals surface area contributed by atoms with Crippen LogP contribution in [-0.4, -0.2) is 14.8 Å². The van der Waals surface area contributed by atoms with Crippen molar-refractivity contribution in [3.63, 3.8) is 0 Å². The molecule has 0 bridgehead atoms. The summed E-state index contributed by atoms with van der Waals surface area (Å²) in [5, 5.41) is 8.07. The first kappa shape index (κ1) is 19.6. The molecule has 2 rings (SSSR count). The molecule has 2 aromatic heterocycles. The van der Waals surface area contributed by atoms with E-state index in [0.29, 0.717) is 27.7 Å². The van der Waals surface area contributed by atoms with Crippen LogP contribution in [0.25, 0.3) is 23.0 Å². The zero-order valence-electron chi connectivity index (χ0n) is 16.1. The summed E-state index contributed by atoms with van der Waals surface area (Å²) in [5.74, 6) is -0.459. The van der Waals surface area contributed by atoms with Gasteiger partial charge in [0.15, 0.2) is 0 Å². The summed E-state index contributed by atoms with van der Waals surface area (Å²) in [5.41, 5.74) is 3.08. The molecule has 0 unspecified atom stereocenters. The average molecular weight is 355 g/mol. The van der Waals surface area contributed by atoms with Crippen LogP contribution in [0.2, 0.25) is 0 Å². The van der Waals surface area contributed by atoms with Gasteiger partial charge in [-0.2, -0.15) is 5.10 Å². The SMILES string of the molecule is C=C(/C=C(/F)c1[nH]ncc1C)c1cc(=C(/C)CC)/c(=C\CC)c(=O)n1C. The van der Waals surface area contributed by atoms with Crippen molar-refractivity contribution in [3.05, 3.63) is 62.7 Å². The number of hydrogen-bond acceptors (Lipinski definition) is 2. The maximum atomic E-state index is 14.6. The molecular formula is C21H26FN3O. The van der Waals surface area contributed by atoms with Crippen LogP contribution in [-0.2, 0) is 7.05 Å². The summed E-state index contributed by atoms with van der Waals surface area (Å²) in [7, 11) is 1.69. The van der Waals surface area contributed by atoms with Gasteiger partial charge in [-0.05, 0) is 55.2 Å². The normalized spacial score (nSPS) is 13.9. The fraction of sp³-hybridized carbons (Fsp3) is 0.333. The summed E-state index contributed by atoms with van der Waals surface area (Å²) in [6.07, 6.45) is 6.44.